The average molecular weight is 339 g/mol. The van der Waals surface area contributed by atoms with Crippen LogP contribution in [0.5, 0.6) is 11.5 Å². The molecule has 0 bridgehead atoms. The smallest absolute Gasteiger partial charge is 0.304 e. The number of hydrogen-bond donors (Lipinski definition) is 0. The molecule has 2 aromatic rings. The maximum atomic E-state index is 13.8. The monoisotopic (exact) mass is 339 g/mol. The summed E-state index contributed by atoms with van der Waals surface area (Å²) < 4.78 is 59.4. The van der Waals surface area contributed by atoms with Crippen molar-refractivity contribution >= 4 is 11.8 Å². The standard InChI is InChI=1S/C16H9F4NOS/c1-8-15-12(7-21)13(2-3-14(15)23-16(8,19)20)22-11-5-9(17)4-10(18)6-11/h2-6,8H,1H3. The molecular formula is C16H9F4NOS. The van der Waals surface area contributed by atoms with Gasteiger partial charge in [0, 0.05) is 23.1 Å². The van der Waals surface area contributed by atoms with Crippen LogP contribution in [0.15, 0.2) is 35.2 Å². The van der Waals surface area contributed by atoms with Crippen LogP contribution in [0.3, 0.4) is 0 Å². The number of thioether (sulfide) groups is 1. The van der Waals surface area contributed by atoms with Crippen molar-refractivity contribution in [2.45, 2.75) is 23.0 Å². The van der Waals surface area contributed by atoms with E-state index in [0.29, 0.717) is 22.7 Å². The van der Waals surface area contributed by atoms with Gasteiger partial charge in [-0.3, -0.25) is 0 Å². The molecular weight excluding hydrogens is 330 g/mol. The molecule has 1 atom stereocenters. The van der Waals surface area contributed by atoms with Gasteiger partial charge in [0.15, 0.2) is 0 Å². The van der Waals surface area contributed by atoms with E-state index >= 15 is 0 Å². The van der Waals surface area contributed by atoms with Crippen molar-refractivity contribution in [1.29, 1.82) is 5.26 Å². The average Bonchev–Trinajstić information content (AvgIpc) is 2.68. The van der Waals surface area contributed by atoms with Crippen LogP contribution in [0, 0.1) is 23.0 Å². The van der Waals surface area contributed by atoms with E-state index < -0.39 is 22.8 Å². The molecule has 23 heavy (non-hydrogen) atoms. The first-order valence-corrected chi connectivity index (χ1v) is 7.41. The van der Waals surface area contributed by atoms with Crippen LogP contribution in [0.1, 0.15) is 24.0 Å². The summed E-state index contributed by atoms with van der Waals surface area (Å²) in [5, 5.41) is 6.31. The Morgan fingerprint density at radius 3 is 2.43 bits per heavy atom. The zero-order chi connectivity index (χ0) is 16.8. The second-order valence-electron chi connectivity index (χ2n) is 5.06. The van der Waals surface area contributed by atoms with Gasteiger partial charge >= 0.3 is 5.25 Å². The van der Waals surface area contributed by atoms with Crippen LogP contribution < -0.4 is 4.74 Å². The van der Waals surface area contributed by atoms with Crippen LogP contribution in [-0.4, -0.2) is 5.25 Å². The molecule has 0 N–H and O–H groups in total. The second-order valence-corrected chi connectivity index (χ2v) is 6.24. The van der Waals surface area contributed by atoms with E-state index in [1.165, 1.54) is 19.1 Å². The summed E-state index contributed by atoms with van der Waals surface area (Å²) >= 11 is 0.391. The number of nitrogens with zero attached hydrogens (tertiary/aromatic N) is 1. The Balaban J connectivity index is 2.06. The minimum Gasteiger partial charge on any atom is -0.456 e. The number of benzene rings is 2. The maximum Gasteiger partial charge on any atom is 0.304 e. The van der Waals surface area contributed by atoms with E-state index in [4.69, 9.17) is 4.74 Å². The summed E-state index contributed by atoms with van der Waals surface area (Å²) in [5.41, 5.74) is 0.140. The molecule has 2 aromatic carbocycles. The second kappa shape index (κ2) is 5.46. The van der Waals surface area contributed by atoms with Crippen LogP contribution in [0.25, 0.3) is 0 Å². The van der Waals surface area contributed by atoms with Crippen LogP contribution in [0.4, 0.5) is 17.6 Å². The lowest BCUT2D eigenvalue weighted by Gasteiger charge is -2.15. The number of rotatable bonds is 2. The first kappa shape index (κ1) is 15.7. The molecule has 1 unspecified atom stereocenters. The molecule has 7 heteroatoms. The van der Waals surface area contributed by atoms with E-state index in [9.17, 15) is 22.8 Å². The van der Waals surface area contributed by atoms with E-state index in [1.54, 1.807) is 0 Å². The fraction of sp³-hybridized carbons (Fsp3) is 0.188. The molecule has 0 fully saturated rings. The summed E-state index contributed by atoms with van der Waals surface area (Å²) in [4.78, 5) is 0.303. The van der Waals surface area contributed by atoms with E-state index in [2.05, 4.69) is 0 Å². The maximum absolute atomic E-state index is 13.8. The number of alkyl halides is 2. The molecule has 0 saturated heterocycles. The van der Waals surface area contributed by atoms with Crippen LogP contribution in [-0.2, 0) is 0 Å². The third-order valence-corrected chi connectivity index (χ3v) is 4.73. The van der Waals surface area contributed by atoms with Crippen molar-refractivity contribution in [3.8, 4) is 17.6 Å². The van der Waals surface area contributed by atoms with Crippen molar-refractivity contribution in [1.82, 2.24) is 0 Å². The van der Waals surface area contributed by atoms with Gasteiger partial charge in [-0.05, 0) is 17.7 Å². The lowest BCUT2D eigenvalue weighted by Crippen LogP contribution is -2.14. The van der Waals surface area contributed by atoms with Crippen LogP contribution >= 0.6 is 11.8 Å². The summed E-state index contributed by atoms with van der Waals surface area (Å²) in [6.07, 6.45) is 0. The highest BCUT2D eigenvalue weighted by Gasteiger charge is 2.47. The lowest BCUT2D eigenvalue weighted by molar-refractivity contribution is 0.0840. The number of ether oxygens (including phenoxy) is 1. The predicted octanol–water partition coefficient (Wildman–Crippen LogP) is 5.43. The normalized spacial score (nSPS) is 18.3. The molecule has 2 nitrogen and oxygen atoms in total. The fourth-order valence-corrected chi connectivity index (χ4v) is 3.53. The van der Waals surface area contributed by atoms with Gasteiger partial charge in [-0.1, -0.05) is 18.7 Å². The van der Waals surface area contributed by atoms with Crippen molar-refractivity contribution in [3.05, 3.63) is 53.1 Å². The Kier molecular flexibility index (Phi) is 3.72. The topological polar surface area (TPSA) is 33.0 Å². The van der Waals surface area contributed by atoms with E-state index in [0.717, 1.165) is 12.1 Å². The highest BCUT2D eigenvalue weighted by atomic mass is 32.2. The molecule has 3 rings (SSSR count). The number of fused-ring (bicyclic) bond motifs is 1. The number of nitriles is 1. The molecule has 1 aliphatic rings. The van der Waals surface area contributed by atoms with Gasteiger partial charge < -0.3 is 4.74 Å². The van der Waals surface area contributed by atoms with Gasteiger partial charge in [-0.2, -0.15) is 14.0 Å². The minimum absolute atomic E-state index is 0.0126. The van der Waals surface area contributed by atoms with Crippen molar-refractivity contribution in [2.75, 3.05) is 0 Å². The van der Waals surface area contributed by atoms with E-state index in [-0.39, 0.29) is 22.6 Å². The fourth-order valence-electron chi connectivity index (χ4n) is 2.42. The van der Waals surface area contributed by atoms with Crippen LogP contribution in [0.2, 0.25) is 0 Å². The van der Waals surface area contributed by atoms with Gasteiger partial charge in [-0.15, -0.1) is 0 Å². The summed E-state index contributed by atoms with van der Waals surface area (Å²) in [6.45, 7) is 1.32. The minimum atomic E-state index is -3.02. The third kappa shape index (κ3) is 2.75. The van der Waals surface area contributed by atoms with Gasteiger partial charge in [-0.25, -0.2) is 8.78 Å². The molecule has 0 radical (unpaired) electrons. The Bertz CT molecular complexity index is 811. The van der Waals surface area contributed by atoms with Crippen molar-refractivity contribution in [3.63, 3.8) is 0 Å². The van der Waals surface area contributed by atoms with Gasteiger partial charge in [0.1, 0.15) is 29.2 Å². The SMILES string of the molecule is CC1c2c(ccc(Oc3cc(F)cc(F)c3)c2C#N)SC1(F)F. The molecule has 118 valence electrons. The van der Waals surface area contributed by atoms with Crippen molar-refractivity contribution in [2.24, 2.45) is 0 Å². The lowest BCUT2D eigenvalue weighted by atomic mass is 9.96. The van der Waals surface area contributed by atoms with Gasteiger partial charge in [0.2, 0.25) is 0 Å². The van der Waals surface area contributed by atoms with Crippen molar-refractivity contribution < 1.29 is 22.3 Å². The number of halogens is 4. The quantitative estimate of drug-likeness (QED) is 0.684. The summed E-state index contributed by atoms with van der Waals surface area (Å²) in [7, 11) is 0. The molecule has 0 aromatic heterocycles. The first-order valence-electron chi connectivity index (χ1n) is 6.59. The zero-order valence-electron chi connectivity index (χ0n) is 11.7. The van der Waals surface area contributed by atoms with Gasteiger partial charge in [0.25, 0.3) is 0 Å². The zero-order valence-corrected chi connectivity index (χ0v) is 12.6. The Morgan fingerprint density at radius 2 is 1.83 bits per heavy atom. The first-order chi connectivity index (χ1) is 10.8. The molecule has 0 aliphatic carbocycles. The van der Waals surface area contributed by atoms with E-state index in [1.807, 2.05) is 6.07 Å². The summed E-state index contributed by atoms with van der Waals surface area (Å²) in [6, 6.07) is 7.20. The Hall–Kier alpha value is -2.20. The van der Waals surface area contributed by atoms with Gasteiger partial charge in [0.05, 0.1) is 11.5 Å². The molecule has 1 heterocycles. The highest BCUT2D eigenvalue weighted by molar-refractivity contribution is 8.00. The predicted molar refractivity (Wildman–Crippen MR) is 76.8 cm³/mol. The summed E-state index contributed by atoms with van der Waals surface area (Å²) in [5.74, 6) is -3.00. The molecule has 0 spiro atoms. The Labute approximate surface area is 133 Å². The highest BCUT2D eigenvalue weighted by Crippen LogP contribution is 2.57. The molecule has 0 saturated carbocycles. The number of hydrogen-bond acceptors (Lipinski definition) is 3. The Morgan fingerprint density at radius 1 is 1.17 bits per heavy atom. The molecule has 0 amide bonds. The molecule has 1 aliphatic heterocycles. The largest absolute Gasteiger partial charge is 0.456 e. The third-order valence-electron chi connectivity index (χ3n) is 3.53.